The van der Waals surface area contributed by atoms with E-state index in [2.05, 4.69) is 15.3 Å². The van der Waals surface area contributed by atoms with Gasteiger partial charge in [0.15, 0.2) is 0 Å². The first-order valence-electron chi connectivity index (χ1n) is 8.27. The molecule has 136 valence electrons. The fraction of sp³-hybridized carbons (Fsp3) is 0.316. The normalized spacial score (nSPS) is 11.0. The highest BCUT2D eigenvalue weighted by Crippen LogP contribution is 2.36. The standard InChI is InChI=1S/C19H21N3O3S/c1-10(2)25-19(23)16-12(4)15-17(20-9-21-18(15)26-16)22-13-8-11(3)6-7-14(13)24-5/h6-10H,1-5H3,(H,20,21,22). The van der Waals surface area contributed by atoms with Gasteiger partial charge in [-0.05, 0) is 51.0 Å². The van der Waals surface area contributed by atoms with E-state index in [4.69, 9.17) is 9.47 Å². The van der Waals surface area contributed by atoms with Gasteiger partial charge in [-0.15, -0.1) is 11.3 Å². The largest absolute Gasteiger partial charge is 0.495 e. The summed E-state index contributed by atoms with van der Waals surface area (Å²) in [5.41, 5.74) is 2.72. The molecular weight excluding hydrogens is 350 g/mol. The van der Waals surface area contributed by atoms with Crippen LogP contribution in [0.2, 0.25) is 0 Å². The Balaban J connectivity index is 2.06. The molecule has 0 aliphatic carbocycles. The first-order valence-corrected chi connectivity index (χ1v) is 9.09. The summed E-state index contributed by atoms with van der Waals surface area (Å²) in [5.74, 6) is 1.02. The Labute approximate surface area is 156 Å². The molecule has 0 fully saturated rings. The minimum atomic E-state index is -0.334. The van der Waals surface area contributed by atoms with Gasteiger partial charge in [-0.1, -0.05) is 6.07 Å². The van der Waals surface area contributed by atoms with Crippen LogP contribution in [0.4, 0.5) is 11.5 Å². The number of aryl methyl sites for hydroxylation is 2. The predicted octanol–water partition coefficient (Wildman–Crippen LogP) is 4.63. The molecule has 0 aliphatic heterocycles. The van der Waals surface area contributed by atoms with Crippen molar-refractivity contribution in [2.45, 2.75) is 33.8 Å². The Kier molecular flexibility index (Phi) is 5.08. The van der Waals surface area contributed by atoms with Gasteiger partial charge < -0.3 is 14.8 Å². The van der Waals surface area contributed by atoms with Crippen LogP contribution in [0.1, 0.15) is 34.6 Å². The van der Waals surface area contributed by atoms with Crippen LogP contribution in [0, 0.1) is 13.8 Å². The van der Waals surface area contributed by atoms with Gasteiger partial charge >= 0.3 is 5.97 Å². The molecule has 0 bridgehead atoms. The van der Waals surface area contributed by atoms with Crippen molar-refractivity contribution < 1.29 is 14.3 Å². The lowest BCUT2D eigenvalue weighted by molar-refractivity contribution is 0.0383. The average molecular weight is 371 g/mol. The van der Waals surface area contributed by atoms with Crippen LogP contribution >= 0.6 is 11.3 Å². The van der Waals surface area contributed by atoms with E-state index in [-0.39, 0.29) is 12.1 Å². The monoisotopic (exact) mass is 371 g/mol. The number of methoxy groups -OCH3 is 1. The Hall–Kier alpha value is -2.67. The molecule has 0 spiro atoms. The molecule has 0 unspecified atom stereocenters. The number of rotatable bonds is 5. The van der Waals surface area contributed by atoms with Crippen LogP contribution in [0.15, 0.2) is 24.5 Å². The SMILES string of the molecule is COc1ccc(C)cc1Nc1ncnc2sc(C(=O)OC(C)C)c(C)c12. The fourth-order valence-electron chi connectivity index (χ4n) is 2.68. The maximum Gasteiger partial charge on any atom is 0.348 e. The maximum absolute atomic E-state index is 12.4. The number of nitrogens with one attached hydrogen (secondary N) is 1. The lowest BCUT2D eigenvalue weighted by Gasteiger charge is -2.12. The highest BCUT2D eigenvalue weighted by molar-refractivity contribution is 7.20. The molecule has 26 heavy (non-hydrogen) atoms. The van der Waals surface area contributed by atoms with Gasteiger partial charge in [0.2, 0.25) is 0 Å². The number of hydrogen-bond donors (Lipinski definition) is 1. The number of anilines is 2. The Morgan fingerprint density at radius 3 is 2.69 bits per heavy atom. The van der Waals surface area contributed by atoms with Crippen LogP contribution in [0.25, 0.3) is 10.2 Å². The molecule has 3 aromatic rings. The van der Waals surface area contributed by atoms with Crippen molar-refractivity contribution in [3.05, 3.63) is 40.5 Å². The molecule has 0 amide bonds. The summed E-state index contributed by atoms with van der Waals surface area (Å²) in [6.07, 6.45) is 1.31. The molecule has 6 nitrogen and oxygen atoms in total. The zero-order valence-electron chi connectivity index (χ0n) is 15.4. The van der Waals surface area contributed by atoms with Gasteiger partial charge in [0, 0.05) is 0 Å². The zero-order chi connectivity index (χ0) is 18.8. The third-order valence-electron chi connectivity index (χ3n) is 3.86. The molecule has 7 heteroatoms. The maximum atomic E-state index is 12.4. The van der Waals surface area contributed by atoms with E-state index < -0.39 is 0 Å². The van der Waals surface area contributed by atoms with Gasteiger partial charge in [0.25, 0.3) is 0 Å². The first-order chi connectivity index (χ1) is 12.4. The van der Waals surface area contributed by atoms with E-state index in [1.807, 2.05) is 45.9 Å². The van der Waals surface area contributed by atoms with Crippen molar-refractivity contribution >= 4 is 39.0 Å². The van der Waals surface area contributed by atoms with Crippen molar-refractivity contribution in [2.75, 3.05) is 12.4 Å². The molecule has 3 rings (SSSR count). The predicted molar refractivity (Wildman–Crippen MR) is 104 cm³/mol. The van der Waals surface area contributed by atoms with E-state index >= 15 is 0 Å². The molecule has 0 atom stereocenters. The molecule has 0 saturated carbocycles. The van der Waals surface area contributed by atoms with Gasteiger partial charge in [-0.3, -0.25) is 0 Å². The van der Waals surface area contributed by atoms with Crippen molar-refractivity contribution in [2.24, 2.45) is 0 Å². The summed E-state index contributed by atoms with van der Waals surface area (Å²) >= 11 is 1.31. The Morgan fingerprint density at radius 2 is 2.00 bits per heavy atom. The summed E-state index contributed by atoms with van der Waals surface area (Å²) in [6, 6.07) is 5.87. The van der Waals surface area contributed by atoms with Crippen molar-refractivity contribution in [1.29, 1.82) is 0 Å². The third kappa shape index (κ3) is 3.48. The van der Waals surface area contributed by atoms with Crippen LogP contribution in [0.5, 0.6) is 5.75 Å². The third-order valence-corrected chi connectivity index (χ3v) is 5.04. The molecule has 0 radical (unpaired) electrons. The highest BCUT2D eigenvalue weighted by Gasteiger charge is 2.21. The van der Waals surface area contributed by atoms with Crippen LogP contribution in [-0.2, 0) is 4.74 Å². The molecule has 1 N–H and O–H groups in total. The summed E-state index contributed by atoms with van der Waals surface area (Å²) in [5, 5.41) is 4.14. The summed E-state index contributed by atoms with van der Waals surface area (Å²) in [4.78, 5) is 22.3. The smallest absolute Gasteiger partial charge is 0.348 e. The number of hydrogen-bond acceptors (Lipinski definition) is 7. The average Bonchev–Trinajstić information content (AvgIpc) is 2.93. The molecule has 0 aliphatic rings. The number of thiophene rings is 1. The first kappa shape index (κ1) is 18.1. The number of benzene rings is 1. The number of fused-ring (bicyclic) bond motifs is 1. The Morgan fingerprint density at radius 1 is 1.23 bits per heavy atom. The lowest BCUT2D eigenvalue weighted by atomic mass is 10.1. The fourth-order valence-corrected chi connectivity index (χ4v) is 3.71. The number of esters is 1. The van der Waals surface area contributed by atoms with Crippen molar-refractivity contribution in [3.63, 3.8) is 0 Å². The van der Waals surface area contributed by atoms with E-state index in [1.54, 1.807) is 7.11 Å². The van der Waals surface area contributed by atoms with Gasteiger partial charge in [0.05, 0.1) is 24.3 Å². The van der Waals surface area contributed by atoms with Gasteiger partial charge in [-0.2, -0.15) is 0 Å². The zero-order valence-corrected chi connectivity index (χ0v) is 16.2. The van der Waals surface area contributed by atoms with Gasteiger partial charge in [0.1, 0.15) is 27.6 Å². The second kappa shape index (κ2) is 7.29. The van der Waals surface area contributed by atoms with E-state index in [0.29, 0.717) is 10.7 Å². The molecule has 2 heterocycles. The van der Waals surface area contributed by atoms with Crippen molar-refractivity contribution in [3.8, 4) is 5.75 Å². The topological polar surface area (TPSA) is 73.3 Å². The summed E-state index contributed by atoms with van der Waals surface area (Å²) in [6.45, 7) is 7.56. The number of carbonyl (C=O) groups is 1. The second-order valence-corrected chi connectivity index (χ2v) is 7.24. The quantitative estimate of drug-likeness (QED) is 0.660. The summed E-state index contributed by atoms with van der Waals surface area (Å²) in [7, 11) is 1.63. The van der Waals surface area contributed by atoms with Crippen molar-refractivity contribution in [1.82, 2.24) is 9.97 Å². The van der Waals surface area contributed by atoms with E-state index in [0.717, 1.165) is 32.8 Å². The van der Waals surface area contributed by atoms with Crippen LogP contribution in [0.3, 0.4) is 0 Å². The second-order valence-electron chi connectivity index (χ2n) is 6.24. The number of aromatic nitrogens is 2. The lowest BCUT2D eigenvalue weighted by Crippen LogP contribution is -2.11. The minimum Gasteiger partial charge on any atom is -0.495 e. The molecule has 1 aromatic carbocycles. The Bertz CT molecular complexity index is 966. The summed E-state index contributed by atoms with van der Waals surface area (Å²) < 4.78 is 10.8. The minimum absolute atomic E-state index is 0.174. The highest BCUT2D eigenvalue weighted by atomic mass is 32.1. The van der Waals surface area contributed by atoms with E-state index in [1.165, 1.54) is 17.7 Å². The van der Waals surface area contributed by atoms with Crippen LogP contribution in [-0.4, -0.2) is 29.2 Å². The molecule has 0 saturated heterocycles. The molecular formula is C19H21N3O3S. The molecule has 2 aromatic heterocycles. The number of nitrogens with zero attached hydrogens (tertiary/aromatic N) is 2. The van der Waals surface area contributed by atoms with E-state index in [9.17, 15) is 4.79 Å². The number of ether oxygens (including phenoxy) is 2. The number of carbonyl (C=O) groups excluding carboxylic acids is 1. The van der Waals surface area contributed by atoms with Crippen LogP contribution < -0.4 is 10.1 Å². The van der Waals surface area contributed by atoms with Gasteiger partial charge in [-0.25, -0.2) is 14.8 Å².